The molecular weight excluding hydrogens is 341 g/mol. The zero-order chi connectivity index (χ0) is 14.7. The number of nitrogens with one attached hydrogen (secondary N) is 1. The molecule has 0 aliphatic heterocycles. The number of halogens is 3. The van der Waals surface area contributed by atoms with Gasteiger partial charge in [0.15, 0.2) is 0 Å². The molecule has 0 saturated carbocycles. The topological polar surface area (TPSA) is 12.0 Å². The molecule has 0 bridgehead atoms. The maximum absolute atomic E-state index is 13.3. The molecule has 0 radical (unpaired) electrons. The van der Waals surface area contributed by atoms with Gasteiger partial charge in [-0.3, -0.25) is 0 Å². The van der Waals surface area contributed by atoms with Crippen molar-refractivity contribution in [2.75, 3.05) is 6.54 Å². The summed E-state index contributed by atoms with van der Waals surface area (Å²) in [4.78, 5) is 0. The van der Waals surface area contributed by atoms with E-state index >= 15 is 0 Å². The Labute approximate surface area is 132 Å². The highest BCUT2D eigenvalue weighted by Crippen LogP contribution is 2.32. The molecule has 1 unspecified atom stereocenters. The predicted molar refractivity (Wildman–Crippen MR) is 85.8 cm³/mol. The first-order valence-electron chi connectivity index (χ1n) is 6.47. The van der Waals surface area contributed by atoms with Gasteiger partial charge in [-0.1, -0.05) is 46.6 Å². The van der Waals surface area contributed by atoms with Crippen LogP contribution in [0, 0.1) is 12.7 Å². The van der Waals surface area contributed by atoms with Crippen LogP contribution in [0.3, 0.4) is 0 Å². The SMILES string of the molecule is CCNC(c1ccc(F)cc1C)c1ccc(Cl)cc1Br. The Bertz CT molecular complexity index is 564. The van der Waals surface area contributed by atoms with Gasteiger partial charge >= 0.3 is 0 Å². The summed E-state index contributed by atoms with van der Waals surface area (Å²) in [5.74, 6) is -0.211. The monoisotopic (exact) mass is 355 g/mol. The lowest BCUT2D eigenvalue weighted by Crippen LogP contribution is -2.23. The van der Waals surface area contributed by atoms with Crippen LogP contribution < -0.4 is 5.32 Å². The largest absolute Gasteiger partial charge is 0.306 e. The summed E-state index contributed by atoms with van der Waals surface area (Å²) in [5.41, 5.74) is 3.08. The van der Waals surface area contributed by atoms with Crippen LogP contribution in [-0.4, -0.2) is 6.54 Å². The lowest BCUT2D eigenvalue weighted by Gasteiger charge is -2.22. The summed E-state index contributed by atoms with van der Waals surface area (Å²) in [5, 5.41) is 4.13. The van der Waals surface area contributed by atoms with Crippen LogP contribution in [0.15, 0.2) is 40.9 Å². The first-order chi connectivity index (χ1) is 9.52. The van der Waals surface area contributed by atoms with Gasteiger partial charge in [0.05, 0.1) is 6.04 Å². The van der Waals surface area contributed by atoms with Gasteiger partial charge in [0, 0.05) is 9.50 Å². The van der Waals surface area contributed by atoms with Crippen molar-refractivity contribution in [3.05, 3.63) is 68.4 Å². The van der Waals surface area contributed by atoms with E-state index in [1.54, 1.807) is 6.07 Å². The van der Waals surface area contributed by atoms with Crippen molar-refractivity contribution in [1.82, 2.24) is 5.32 Å². The molecule has 2 rings (SSSR count). The fourth-order valence-corrected chi connectivity index (χ4v) is 3.20. The number of aryl methyl sites for hydroxylation is 1. The number of benzene rings is 2. The average Bonchev–Trinajstić information content (AvgIpc) is 2.37. The van der Waals surface area contributed by atoms with Gasteiger partial charge in [0.1, 0.15) is 5.82 Å². The fraction of sp³-hybridized carbons (Fsp3) is 0.250. The van der Waals surface area contributed by atoms with Crippen molar-refractivity contribution >= 4 is 27.5 Å². The second-order valence-corrected chi connectivity index (χ2v) is 5.95. The van der Waals surface area contributed by atoms with E-state index in [1.807, 2.05) is 31.2 Å². The minimum atomic E-state index is -0.211. The lowest BCUT2D eigenvalue weighted by atomic mass is 9.95. The van der Waals surface area contributed by atoms with Crippen molar-refractivity contribution in [2.45, 2.75) is 19.9 Å². The Morgan fingerprint density at radius 3 is 2.50 bits per heavy atom. The molecule has 0 saturated heterocycles. The Balaban J connectivity index is 2.50. The fourth-order valence-electron chi connectivity index (χ4n) is 2.29. The maximum Gasteiger partial charge on any atom is 0.123 e. The van der Waals surface area contributed by atoms with Crippen LogP contribution in [0.5, 0.6) is 0 Å². The van der Waals surface area contributed by atoms with Gasteiger partial charge in [-0.2, -0.15) is 0 Å². The first-order valence-corrected chi connectivity index (χ1v) is 7.64. The molecule has 1 N–H and O–H groups in total. The zero-order valence-electron chi connectivity index (χ0n) is 11.4. The van der Waals surface area contributed by atoms with E-state index < -0.39 is 0 Å². The minimum absolute atomic E-state index is 0.00671. The molecule has 0 aliphatic carbocycles. The molecule has 0 aromatic heterocycles. The predicted octanol–water partition coefficient (Wildman–Crippen LogP) is 5.25. The van der Waals surface area contributed by atoms with E-state index in [0.717, 1.165) is 27.7 Å². The van der Waals surface area contributed by atoms with Crippen LogP contribution in [0.25, 0.3) is 0 Å². The second kappa shape index (κ2) is 6.70. The summed E-state index contributed by atoms with van der Waals surface area (Å²) in [6.07, 6.45) is 0. The van der Waals surface area contributed by atoms with Gasteiger partial charge in [-0.25, -0.2) is 4.39 Å². The molecule has 2 aromatic rings. The first kappa shape index (κ1) is 15.5. The smallest absolute Gasteiger partial charge is 0.123 e. The van der Waals surface area contributed by atoms with Gasteiger partial charge in [-0.15, -0.1) is 0 Å². The van der Waals surface area contributed by atoms with Gasteiger partial charge in [-0.05, 0) is 54.4 Å². The third-order valence-electron chi connectivity index (χ3n) is 3.22. The zero-order valence-corrected chi connectivity index (χ0v) is 13.7. The van der Waals surface area contributed by atoms with Gasteiger partial charge in [0.25, 0.3) is 0 Å². The molecule has 0 aliphatic rings. The quantitative estimate of drug-likeness (QED) is 0.789. The van der Waals surface area contributed by atoms with Crippen LogP contribution in [0.2, 0.25) is 5.02 Å². The van der Waals surface area contributed by atoms with Crippen LogP contribution in [-0.2, 0) is 0 Å². The highest BCUT2D eigenvalue weighted by Gasteiger charge is 2.18. The van der Waals surface area contributed by atoms with E-state index in [-0.39, 0.29) is 11.9 Å². The van der Waals surface area contributed by atoms with Crippen LogP contribution in [0.4, 0.5) is 4.39 Å². The van der Waals surface area contributed by atoms with Crippen molar-refractivity contribution in [2.24, 2.45) is 0 Å². The Kier molecular flexibility index (Phi) is 5.19. The van der Waals surface area contributed by atoms with E-state index in [4.69, 9.17) is 11.6 Å². The van der Waals surface area contributed by atoms with Crippen molar-refractivity contribution in [3.63, 3.8) is 0 Å². The number of rotatable bonds is 4. The highest BCUT2D eigenvalue weighted by molar-refractivity contribution is 9.10. The summed E-state index contributed by atoms with van der Waals surface area (Å²) >= 11 is 9.55. The lowest BCUT2D eigenvalue weighted by molar-refractivity contribution is 0.609. The molecular formula is C16H16BrClFN. The van der Waals surface area contributed by atoms with E-state index in [9.17, 15) is 4.39 Å². The molecule has 4 heteroatoms. The number of hydrogen-bond acceptors (Lipinski definition) is 1. The van der Waals surface area contributed by atoms with E-state index in [0.29, 0.717) is 5.02 Å². The van der Waals surface area contributed by atoms with Crippen molar-refractivity contribution < 1.29 is 4.39 Å². The van der Waals surface area contributed by atoms with Gasteiger partial charge in [0.2, 0.25) is 0 Å². The minimum Gasteiger partial charge on any atom is -0.306 e. The second-order valence-electron chi connectivity index (χ2n) is 4.66. The summed E-state index contributed by atoms with van der Waals surface area (Å²) < 4.78 is 14.2. The van der Waals surface area contributed by atoms with Crippen molar-refractivity contribution in [3.8, 4) is 0 Å². The molecule has 1 atom stereocenters. The number of hydrogen-bond donors (Lipinski definition) is 1. The standard InChI is InChI=1S/C16H16BrClFN/c1-3-20-16(13-7-5-12(19)8-10(13)2)14-6-4-11(18)9-15(14)17/h4-9,16,20H,3H2,1-2H3. The molecule has 2 aromatic carbocycles. The Morgan fingerprint density at radius 1 is 1.20 bits per heavy atom. The highest BCUT2D eigenvalue weighted by atomic mass is 79.9. The van der Waals surface area contributed by atoms with Crippen LogP contribution >= 0.6 is 27.5 Å². The third-order valence-corrected chi connectivity index (χ3v) is 4.15. The Morgan fingerprint density at radius 2 is 1.90 bits per heavy atom. The van der Waals surface area contributed by atoms with Gasteiger partial charge < -0.3 is 5.32 Å². The molecule has 0 amide bonds. The summed E-state index contributed by atoms with van der Waals surface area (Å²) in [6, 6.07) is 10.6. The molecule has 0 fully saturated rings. The molecule has 0 spiro atoms. The Hall–Kier alpha value is -0.900. The maximum atomic E-state index is 13.3. The normalized spacial score (nSPS) is 12.4. The summed E-state index contributed by atoms with van der Waals surface area (Å²) in [6.45, 7) is 4.79. The molecule has 106 valence electrons. The van der Waals surface area contributed by atoms with E-state index in [2.05, 4.69) is 28.2 Å². The average molecular weight is 357 g/mol. The summed E-state index contributed by atoms with van der Waals surface area (Å²) in [7, 11) is 0. The molecule has 0 heterocycles. The van der Waals surface area contributed by atoms with Crippen LogP contribution in [0.1, 0.15) is 29.7 Å². The van der Waals surface area contributed by atoms with Crippen molar-refractivity contribution in [1.29, 1.82) is 0 Å². The third kappa shape index (κ3) is 3.40. The molecule has 20 heavy (non-hydrogen) atoms. The van der Waals surface area contributed by atoms with E-state index in [1.165, 1.54) is 6.07 Å². The molecule has 1 nitrogen and oxygen atoms in total.